The van der Waals surface area contributed by atoms with Crippen molar-refractivity contribution in [2.24, 2.45) is 5.92 Å². The highest BCUT2D eigenvalue weighted by molar-refractivity contribution is 4.77. The fourth-order valence-corrected chi connectivity index (χ4v) is 0.868. The molecule has 0 saturated carbocycles. The molecule has 0 spiro atoms. The van der Waals surface area contributed by atoms with Crippen molar-refractivity contribution in [2.75, 3.05) is 13.1 Å². The molecular formula is C10H21N. The minimum absolute atomic E-state index is 0.823. The van der Waals surface area contributed by atoms with Crippen LogP contribution in [0.4, 0.5) is 0 Å². The van der Waals surface area contributed by atoms with Gasteiger partial charge in [-0.25, -0.2) is 0 Å². The first-order chi connectivity index (χ1) is 5.27. The predicted molar refractivity (Wildman–Crippen MR) is 51.8 cm³/mol. The van der Waals surface area contributed by atoms with E-state index < -0.39 is 0 Å². The normalized spacial score (nSPS) is 11.6. The molecule has 0 bridgehead atoms. The first kappa shape index (κ1) is 10.7. The van der Waals surface area contributed by atoms with Crippen LogP contribution in [0.25, 0.3) is 0 Å². The second kappa shape index (κ2) is 7.80. The van der Waals surface area contributed by atoms with Crippen molar-refractivity contribution in [2.45, 2.75) is 33.6 Å². The molecule has 66 valence electrons. The summed E-state index contributed by atoms with van der Waals surface area (Å²) in [6.45, 7) is 8.86. The molecule has 0 radical (unpaired) electrons. The van der Waals surface area contributed by atoms with Gasteiger partial charge in [0.15, 0.2) is 0 Å². The van der Waals surface area contributed by atoms with Gasteiger partial charge in [0, 0.05) is 0 Å². The fraction of sp³-hybridized carbons (Fsp3) is 0.800. The van der Waals surface area contributed by atoms with Crippen molar-refractivity contribution in [3.63, 3.8) is 0 Å². The van der Waals surface area contributed by atoms with Crippen molar-refractivity contribution in [3.8, 4) is 0 Å². The lowest BCUT2D eigenvalue weighted by Crippen LogP contribution is -2.17. The first-order valence-corrected chi connectivity index (χ1v) is 4.59. The second-order valence-electron chi connectivity index (χ2n) is 3.29. The van der Waals surface area contributed by atoms with Crippen molar-refractivity contribution in [3.05, 3.63) is 12.2 Å². The van der Waals surface area contributed by atoms with Gasteiger partial charge >= 0.3 is 0 Å². The summed E-state index contributed by atoms with van der Waals surface area (Å²) >= 11 is 0. The molecule has 0 aliphatic heterocycles. The molecule has 1 nitrogen and oxygen atoms in total. The summed E-state index contributed by atoms with van der Waals surface area (Å²) in [6, 6.07) is 0. The molecule has 0 aliphatic carbocycles. The van der Waals surface area contributed by atoms with E-state index in [1.807, 2.05) is 0 Å². The van der Waals surface area contributed by atoms with E-state index in [0.29, 0.717) is 0 Å². The van der Waals surface area contributed by atoms with Gasteiger partial charge in [0.05, 0.1) is 0 Å². The van der Waals surface area contributed by atoms with Crippen LogP contribution in [0.2, 0.25) is 0 Å². The summed E-state index contributed by atoms with van der Waals surface area (Å²) < 4.78 is 0. The lowest BCUT2D eigenvalue weighted by Gasteiger charge is -2.04. The zero-order valence-corrected chi connectivity index (χ0v) is 8.06. The maximum atomic E-state index is 3.40. The van der Waals surface area contributed by atoms with Gasteiger partial charge in [0.2, 0.25) is 0 Å². The Morgan fingerprint density at radius 2 is 2.00 bits per heavy atom. The monoisotopic (exact) mass is 155 g/mol. The minimum Gasteiger partial charge on any atom is -0.316 e. The Hall–Kier alpha value is -0.300. The highest BCUT2D eigenvalue weighted by Crippen LogP contribution is 1.95. The molecule has 0 aromatic carbocycles. The Morgan fingerprint density at radius 1 is 1.27 bits per heavy atom. The van der Waals surface area contributed by atoms with E-state index in [1.54, 1.807) is 0 Å². The van der Waals surface area contributed by atoms with Crippen molar-refractivity contribution in [1.82, 2.24) is 5.32 Å². The molecule has 0 rings (SSSR count). The van der Waals surface area contributed by atoms with Gasteiger partial charge in [0.25, 0.3) is 0 Å². The fourth-order valence-electron chi connectivity index (χ4n) is 0.868. The molecule has 0 aromatic rings. The van der Waals surface area contributed by atoms with Crippen molar-refractivity contribution >= 4 is 0 Å². The predicted octanol–water partition coefficient (Wildman–Crippen LogP) is 2.59. The van der Waals surface area contributed by atoms with Gasteiger partial charge in [-0.15, -0.1) is 0 Å². The molecule has 0 saturated heterocycles. The zero-order valence-electron chi connectivity index (χ0n) is 8.06. The molecule has 1 heteroatoms. The summed E-state index contributed by atoms with van der Waals surface area (Å²) in [5.74, 6) is 0.823. The molecule has 0 unspecified atom stereocenters. The summed E-state index contributed by atoms with van der Waals surface area (Å²) in [5, 5.41) is 3.40. The van der Waals surface area contributed by atoms with Crippen molar-refractivity contribution < 1.29 is 0 Å². The van der Waals surface area contributed by atoms with Crippen LogP contribution in [0.15, 0.2) is 12.2 Å². The van der Waals surface area contributed by atoms with Gasteiger partial charge in [-0.3, -0.25) is 0 Å². The van der Waals surface area contributed by atoms with Crippen molar-refractivity contribution in [1.29, 1.82) is 0 Å². The number of hydrogen-bond acceptors (Lipinski definition) is 1. The molecule has 1 N–H and O–H groups in total. The Labute approximate surface area is 70.9 Å². The summed E-state index contributed by atoms with van der Waals surface area (Å²) in [4.78, 5) is 0. The first-order valence-electron chi connectivity index (χ1n) is 4.59. The lowest BCUT2D eigenvalue weighted by atomic mass is 10.1. The van der Waals surface area contributed by atoms with Gasteiger partial charge < -0.3 is 5.32 Å². The third-order valence-corrected chi connectivity index (χ3v) is 1.62. The van der Waals surface area contributed by atoms with E-state index in [0.717, 1.165) is 25.4 Å². The molecule has 0 amide bonds. The molecule has 0 fully saturated rings. The number of hydrogen-bond donors (Lipinski definition) is 1. The molecule has 0 heterocycles. The van der Waals surface area contributed by atoms with E-state index in [4.69, 9.17) is 0 Å². The highest BCUT2D eigenvalue weighted by atomic mass is 14.8. The quantitative estimate of drug-likeness (QED) is 0.459. The third-order valence-electron chi connectivity index (χ3n) is 1.62. The van der Waals surface area contributed by atoms with Crippen LogP contribution in [0.5, 0.6) is 0 Å². The molecule has 0 aliphatic rings. The topological polar surface area (TPSA) is 12.0 Å². The second-order valence-corrected chi connectivity index (χ2v) is 3.29. The maximum absolute atomic E-state index is 3.40. The summed E-state index contributed by atoms with van der Waals surface area (Å²) in [7, 11) is 0. The zero-order chi connectivity index (χ0) is 8.53. The summed E-state index contributed by atoms with van der Waals surface area (Å²) in [6.07, 6.45) is 6.75. The number of allylic oxidation sites excluding steroid dienone is 1. The SMILES string of the molecule is C/C=C/CCNCCC(C)C. The van der Waals surface area contributed by atoms with Crippen LogP contribution in [0.3, 0.4) is 0 Å². The average molecular weight is 155 g/mol. The number of nitrogens with one attached hydrogen (secondary N) is 1. The van der Waals surface area contributed by atoms with Crippen LogP contribution in [0.1, 0.15) is 33.6 Å². The standard InChI is InChI=1S/C10H21N/c1-4-5-6-8-11-9-7-10(2)3/h4-5,10-11H,6-9H2,1-3H3/b5-4+. The van der Waals surface area contributed by atoms with Gasteiger partial charge in [-0.1, -0.05) is 26.0 Å². The van der Waals surface area contributed by atoms with Crippen LogP contribution in [-0.2, 0) is 0 Å². The maximum Gasteiger partial charge on any atom is -0.00143 e. The average Bonchev–Trinajstić information content (AvgIpc) is 1.96. The molecular weight excluding hydrogens is 134 g/mol. The van der Waals surface area contributed by atoms with Crippen LogP contribution in [-0.4, -0.2) is 13.1 Å². The smallest absolute Gasteiger partial charge is 0.00143 e. The lowest BCUT2D eigenvalue weighted by molar-refractivity contribution is 0.540. The van der Waals surface area contributed by atoms with E-state index in [-0.39, 0.29) is 0 Å². The van der Waals surface area contributed by atoms with Gasteiger partial charge in [-0.05, 0) is 38.8 Å². The Bertz CT molecular complexity index is 95.0. The molecule has 0 aromatic heterocycles. The van der Waals surface area contributed by atoms with Crippen LogP contribution in [0, 0.1) is 5.92 Å². The third kappa shape index (κ3) is 9.70. The minimum atomic E-state index is 0.823. The van der Waals surface area contributed by atoms with E-state index in [2.05, 4.69) is 38.2 Å². The molecule has 11 heavy (non-hydrogen) atoms. The van der Waals surface area contributed by atoms with E-state index >= 15 is 0 Å². The van der Waals surface area contributed by atoms with Crippen LogP contribution >= 0.6 is 0 Å². The van der Waals surface area contributed by atoms with Gasteiger partial charge in [-0.2, -0.15) is 0 Å². The Balaban J connectivity index is 2.91. The van der Waals surface area contributed by atoms with Gasteiger partial charge in [0.1, 0.15) is 0 Å². The summed E-state index contributed by atoms with van der Waals surface area (Å²) in [5.41, 5.74) is 0. The van der Waals surface area contributed by atoms with E-state index in [1.165, 1.54) is 6.42 Å². The molecule has 0 atom stereocenters. The number of rotatable bonds is 6. The van der Waals surface area contributed by atoms with Crippen LogP contribution < -0.4 is 5.32 Å². The van der Waals surface area contributed by atoms with E-state index in [9.17, 15) is 0 Å². The Kier molecular flexibility index (Phi) is 7.59. The highest BCUT2D eigenvalue weighted by Gasteiger charge is 1.91. The Morgan fingerprint density at radius 3 is 2.55 bits per heavy atom. The largest absolute Gasteiger partial charge is 0.316 e.